The van der Waals surface area contributed by atoms with Crippen LogP contribution in [0, 0.1) is 0 Å². The van der Waals surface area contributed by atoms with Gasteiger partial charge in [0.15, 0.2) is 17.5 Å². The Balaban J connectivity index is 1.27. The molecule has 9 aromatic rings. The van der Waals surface area contributed by atoms with Gasteiger partial charge in [0, 0.05) is 38.2 Å². The number of halogens is 1. The first-order valence-electron chi connectivity index (χ1n) is 14.6. The van der Waals surface area contributed by atoms with Crippen molar-refractivity contribution in [3.63, 3.8) is 0 Å². The van der Waals surface area contributed by atoms with Crippen LogP contribution in [0.25, 0.3) is 89.2 Å². The Labute approximate surface area is 262 Å². The molecule has 0 unspecified atom stereocenters. The largest absolute Gasteiger partial charge is 0.456 e. The van der Waals surface area contributed by atoms with Gasteiger partial charge >= 0.3 is 0 Å². The van der Waals surface area contributed by atoms with Crippen molar-refractivity contribution in [2.45, 2.75) is 0 Å². The maximum Gasteiger partial charge on any atom is 0.164 e. The van der Waals surface area contributed by atoms with Gasteiger partial charge in [-0.2, -0.15) is 0 Å². The van der Waals surface area contributed by atoms with E-state index in [9.17, 15) is 0 Å². The van der Waals surface area contributed by atoms with E-state index in [2.05, 4.69) is 42.5 Å². The molecule has 0 atom stereocenters. The maximum atomic E-state index is 6.71. The molecule has 3 aromatic heterocycles. The molecule has 0 aliphatic rings. The second-order valence-electron chi connectivity index (χ2n) is 10.9. The lowest BCUT2D eigenvalue weighted by Crippen LogP contribution is -2.00. The van der Waals surface area contributed by atoms with E-state index in [-0.39, 0.29) is 0 Å². The Morgan fingerprint density at radius 2 is 0.978 bits per heavy atom. The molecule has 3 heterocycles. The van der Waals surface area contributed by atoms with Crippen molar-refractivity contribution in [2.24, 2.45) is 0 Å². The molecule has 9 rings (SSSR count). The highest BCUT2D eigenvalue weighted by atomic mass is 35.5. The first-order valence-corrected chi connectivity index (χ1v) is 15.0. The topological polar surface area (TPSA) is 65.0 Å². The molecule has 0 aliphatic heterocycles. The van der Waals surface area contributed by atoms with E-state index in [0.717, 1.165) is 66.1 Å². The number of nitrogens with zero attached hydrogens (tertiary/aromatic N) is 3. The summed E-state index contributed by atoms with van der Waals surface area (Å²) in [4.78, 5) is 15.0. The Morgan fingerprint density at radius 3 is 1.73 bits per heavy atom. The van der Waals surface area contributed by atoms with Gasteiger partial charge in [0.05, 0.1) is 5.02 Å². The summed E-state index contributed by atoms with van der Waals surface area (Å²) in [5.41, 5.74) is 7.84. The van der Waals surface area contributed by atoms with E-state index in [0.29, 0.717) is 28.1 Å². The molecular weight excluding hydrogens is 578 g/mol. The van der Waals surface area contributed by atoms with E-state index in [1.54, 1.807) is 0 Å². The molecule has 0 saturated carbocycles. The van der Waals surface area contributed by atoms with Gasteiger partial charge in [-0.25, -0.2) is 15.0 Å². The smallest absolute Gasteiger partial charge is 0.164 e. The zero-order valence-corrected chi connectivity index (χ0v) is 24.5. The van der Waals surface area contributed by atoms with Crippen LogP contribution in [0.15, 0.2) is 142 Å². The standard InChI is InChI=1S/C39H22ClN3O2/c40-29-16-9-19-32-36(29)35-28(15-8-18-31(35)44-32)39-42-37(24-12-5-2-6-13-24)41-38(43-39)25-20-21-27-33(22-25)45-30-17-7-14-26(34(27)30)23-10-3-1-4-11-23/h1-22H. The van der Waals surface area contributed by atoms with Gasteiger partial charge in [-0.05, 0) is 47.5 Å². The fourth-order valence-corrected chi connectivity index (χ4v) is 6.44. The van der Waals surface area contributed by atoms with Crippen molar-refractivity contribution >= 4 is 55.5 Å². The molecule has 0 aliphatic carbocycles. The molecule has 212 valence electrons. The van der Waals surface area contributed by atoms with E-state index in [4.69, 9.17) is 35.4 Å². The molecule has 5 nitrogen and oxygen atoms in total. The second-order valence-corrected chi connectivity index (χ2v) is 11.3. The lowest BCUT2D eigenvalue weighted by atomic mass is 9.99. The minimum atomic E-state index is 0.531. The highest BCUT2D eigenvalue weighted by molar-refractivity contribution is 6.38. The third-order valence-corrected chi connectivity index (χ3v) is 8.53. The average Bonchev–Trinajstić information content (AvgIpc) is 3.67. The fourth-order valence-electron chi connectivity index (χ4n) is 6.18. The van der Waals surface area contributed by atoms with E-state index < -0.39 is 0 Å². The van der Waals surface area contributed by atoms with Gasteiger partial charge < -0.3 is 8.83 Å². The van der Waals surface area contributed by atoms with Crippen molar-refractivity contribution in [1.82, 2.24) is 15.0 Å². The predicted molar refractivity (Wildman–Crippen MR) is 181 cm³/mol. The first-order chi connectivity index (χ1) is 22.2. The Hall–Kier alpha value is -5.78. The lowest BCUT2D eigenvalue weighted by molar-refractivity contribution is 0.668. The van der Waals surface area contributed by atoms with Crippen LogP contribution < -0.4 is 0 Å². The monoisotopic (exact) mass is 599 g/mol. The molecular formula is C39H22ClN3O2. The summed E-state index contributed by atoms with van der Waals surface area (Å²) in [7, 11) is 0. The van der Waals surface area contributed by atoms with Crippen molar-refractivity contribution in [2.75, 3.05) is 0 Å². The molecule has 6 heteroatoms. The number of hydrogen-bond donors (Lipinski definition) is 0. The average molecular weight is 600 g/mol. The van der Waals surface area contributed by atoms with Crippen LogP contribution in [-0.2, 0) is 0 Å². The summed E-state index contributed by atoms with van der Waals surface area (Å²) < 4.78 is 12.6. The fraction of sp³-hybridized carbons (Fsp3) is 0. The number of hydrogen-bond acceptors (Lipinski definition) is 5. The Morgan fingerprint density at radius 1 is 0.400 bits per heavy atom. The lowest BCUT2D eigenvalue weighted by Gasteiger charge is -2.09. The molecule has 0 bridgehead atoms. The van der Waals surface area contributed by atoms with Crippen LogP contribution in [0.4, 0.5) is 0 Å². The third kappa shape index (κ3) is 4.20. The zero-order chi connectivity index (χ0) is 29.9. The summed E-state index contributed by atoms with van der Waals surface area (Å²) >= 11 is 6.71. The number of fused-ring (bicyclic) bond motifs is 6. The van der Waals surface area contributed by atoms with Crippen LogP contribution in [0.1, 0.15) is 0 Å². The summed E-state index contributed by atoms with van der Waals surface area (Å²) in [6.45, 7) is 0. The van der Waals surface area contributed by atoms with Gasteiger partial charge in [0.25, 0.3) is 0 Å². The highest BCUT2D eigenvalue weighted by Crippen LogP contribution is 2.41. The van der Waals surface area contributed by atoms with Crippen molar-refractivity contribution < 1.29 is 8.83 Å². The Kier molecular flexibility index (Phi) is 5.80. The quantitative estimate of drug-likeness (QED) is 0.201. The first kappa shape index (κ1) is 25.7. The zero-order valence-electron chi connectivity index (χ0n) is 23.7. The van der Waals surface area contributed by atoms with Crippen molar-refractivity contribution in [3.05, 3.63) is 138 Å². The molecule has 0 radical (unpaired) electrons. The van der Waals surface area contributed by atoms with Crippen LogP contribution in [-0.4, -0.2) is 15.0 Å². The van der Waals surface area contributed by atoms with Gasteiger partial charge in [0.2, 0.25) is 0 Å². The van der Waals surface area contributed by atoms with Crippen molar-refractivity contribution in [1.29, 1.82) is 0 Å². The van der Waals surface area contributed by atoms with Crippen LogP contribution >= 0.6 is 11.6 Å². The number of benzene rings is 6. The van der Waals surface area contributed by atoms with E-state index in [1.165, 1.54) is 0 Å². The molecule has 0 amide bonds. The molecule has 0 N–H and O–H groups in total. The van der Waals surface area contributed by atoms with Crippen molar-refractivity contribution in [3.8, 4) is 45.3 Å². The second kappa shape index (κ2) is 10.2. The normalized spacial score (nSPS) is 11.7. The molecule has 6 aromatic carbocycles. The van der Waals surface area contributed by atoms with Crippen LogP contribution in [0.3, 0.4) is 0 Å². The molecule has 45 heavy (non-hydrogen) atoms. The van der Waals surface area contributed by atoms with Crippen LogP contribution in [0.5, 0.6) is 0 Å². The van der Waals surface area contributed by atoms with E-state index in [1.807, 2.05) is 91.0 Å². The minimum absolute atomic E-state index is 0.531. The molecule has 0 spiro atoms. The molecule has 0 fully saturated rings. The molecule has 0 saturated heterocycles. The number of furan rings is 2. The SMILES string of the molecule is Clc1cccc2oc3cccc(-c4nc(-c5ccccc5)nc(-c5ccc6c(c5)oc5cccc(-c7ccccc7)c56)n4)c3c12. The van der Waals surface area contributed by atoms with Gasteiger partial charge in [0.1, 0.15) is 22.3 Å². The van der Waals surface area contributed by atoms with Gasteiger partial charge in [-0.3, -0.25) is 0 Å². The van der Waals surface area contributed by atoms with Gasteiger partial charge in [-0.1, -0.05) is 109 Å². The summed E-state index contributed by atoms with van der Waals surface area (Å²) in [6, 6.07) is 44.2. The minimum Gasteiger partial charge on any atom is -0.456 e. The van der Waals surface area contributed by atoms with E-state index >= 15 is 0 Å². The summed E-state index contributed by atoms with van der Waals surface area (Å²) in [6.07, 6.45) is 0. The van der Waals surface area contributed by atoms with Crippen LogP contribution in [0.2, 0.25) is 5.02 Å². The number of aromatic nitrogens is 3. The summed E-state index contributed by atoms with van der Waals surface area (Å²) in [5, 5.41) is 4.44. The van der Waals surface area contributed by atoms with Gasteiger partial charge in [-0.15, -0.1) is 0 Å². The summed E-state index contributed by atoms with van der Waals surface area (Å²) in [5.74, 6) is 1.64. The highest BCUT2D eigenvalue weighted by Gasteiger charge is 2.20. The Bertz CT molecular complexity index is 2550. The maximum absolute atomic E-state index is 6.71. The third-order valence-electron chi connectivity index (χ3n) is 8.22. The number of rotatable bonds is 4. The predicted octanol–water partition coefficient (Wildman–Crippen LogP) is 11.0.